The summed E-state index contributed by atoms with van der Waals surface area (Å²) in [7, 11) is 0. The summed E-state index contributed by atoms with van der Waals surface area (Å²) in [5.41, 5.74) is 4.50. The minimum Gasteiger partial charge on any atom is -0.411 e. The number of carbonyl (C=O) groups is 2. The van der Waals surface area contributed by atoms with Crippen molar-refractivity contribution in [2.75, 3.05) is 4.90 Å². The molecule has 0 saturated heterocycles. The van der Waals surface area contributed by atoms with E-state index in [2.05, 4.69) is 5.16 Å². The molecule has 5 heteroatoms. The second-order valence-corrected chi connectivity index (χ2v) is 6.00. The molecule has 3 aliphatic rings. The third-order valence-corrected chi connectivity index (χ3v) is 4.80. The highest BCUT2D eigenvalue weighted by atomic mass is 16.4. The number of aryl methyl sites for hydroxylation is 1. The zero-order valence-electron chi connectivity index (χ0n) is 12.1. The van der Waals surface area contributed by atoms with Crippen LogP contribution >= 0.6 is 0 Å². The first kappa shape index (κ1) is 13.2. The average molecular weight is 296 g/mol. The van der Waals surface area contributed by atoms with E-state index < -0.39 is 0 Å². The molecule has 0 radical (unpaired) electrons. The van der Waals surface area contributed by atoms with E-state index in [0.717, 1.165) is 30.4 Å². The Morgan fingerprint density at radius 1 is 0.955 bits per heavy atom. The topological polar surface area (TPSA) is 70.0 Å². The van der Waals surface area contributed by atoms with E-state index in [-0.39, 0.29) is 11.8 Å². The van der Waals surface area contributed by atoms with Crippen LogP contribution in [0.3, 0.4) is 0 Å². The molecule has 0 aromatic heterocycles. The van der Waals surface area contributed by atoms with E-state index in [0.29, 0.717) is 41.8 Å². The highest BCUT2D eigenvalue weighted by Gasteiger charge is 2.40. The molecule has 0 spiro atoms. The first-order valence-electron chi connectivity index (χ1n) is 7.65. The predicted octanol–water partition coefficient (Wildman–Crippen LogP) is 2.55. The van der Waals surface area contributed by atoms with Crippen molar-refractivity contribution in [3.05, 3.63) is 40.5 Å². The number of fused-ring (bicyclic) bond motifs is 1. The third kappa shape index (κ3) is 1.75. The zero-order chi connectivity index (χ0) is 15.3. The van der Waals surface area contributed by atoms with Crippen LogP contribution in [0.25, 0.3) is 0 Å². The van der Waals surface area contributed by atoms with E-state index >= 15 is 0 Å². The lowest BCUT2D eigenvalue weighted by molar-refractivity contribution is -0.120. The lowest BCUT2D eigenvalue weighted by Gasteiger charge is -2.16. The molecule has 0 bridgehead atoms. The van der Waals surface area contributed by atoms with E-state index in [1.807, 2.05) is 12.1 Å². The minimum atomic E-state index is -0.180. The Morgan fingerprint density at radius 2 is 1.64 bits per heavy atom. The Morgan fingerprint density at radius 3 is 2.27 bits per heavy atom. The number of oxime groups is 1. The SMILES string of the molecule is O=C1C2=C(CCCC2)C(=O)N1c1ccc2c(c1)C(=NO)CC2. The summed E-state index contributed by atoms with van der Waals surface area (Å²) < 4.78 is 0. The highest BCUT2D eigenvalue weighted by molar-refractivity contribution is 6.33. The van der Waals surface area contributed by atoms with Gasteiger partial charge in [-0.2, -0.15) is 0 Å². The number of benzene rings is 1. The number of hydrogen-bond donors (Lipinski definition) is 1. The van der Waals surface area contributed by atoms with Crippen LogP contribution in [0, 0.1) is 0 Å². The van der Waals surface area contributed by atoms with Gasteiger partial charge in [-0.05, 0) is 56.2 Å². The summed E-state index contributed by atoms with van der Waals surface area (Å²) in [6.07, 6.45) is 4.85. The largest absolute Gasteiger partial charge is 0.411 e. The number of rotatable bonds is 1. The molecular weight excluding hydrogens is 280 g/mol. The molecule has 5 nitrogen and oxygen atoms in total. The molecule has 2 aliphatic carbocycles. The Labute approximate surface area is 127 Å². The van der Waals surface area contributed by atoms with Crippen molar-refractivity contribution < 1.29 is 14.8 Å². The highest BCUT2D eigenvalue weighted by Crippen LogP contribution is 2.37. The van der Waals surface area contributed by atoms with E-state index in [1.54, 1.807) is 6.07 Å². The van der Waals surface area contributed by atoms with Gasteiger partial charge in [0.15, 0.2) is 0 Å². The summed E-state index contributed by atoms with van der Waals surface area (Å²) in [5.74, 6) is -0.361. The van der Waals surface area contributed by atoms with E-state index in [4.69, 9.17) is 5.21 Å². The van der Waals surface area contributed by atoms with Crippen molar-refractivity contribution in [2.45, 2.75) is 38.5 Å². The number of carbonyl (C=O) groups excluding carboxylic acids is 2. The first-order valence-corrected chi connectivity index (χ1v) is 7.65. The van der Waals surface area contributed by atoms with Crippen LogP contribution in [-0.2, 0) is 16.0 Å². The molecule has 22 heavy (non-hydrogen) atoms. The molecule has 2 amide bonds. The Hall–Kier alpha value is -2.43. The maximum absolute atomic E-state index is 12.6. The summed E-state index contributed by atoms with van der Waals surface area (Å²) >= 11 is 0. The Kier molecular flexibility index (Phi) is 2.89. The van der Waals surface area contributed by atoms with Gasteiger partial charge in [0.1, 0.15) is 0 Å². The van der Waals surface area contributed by atoms with Crippen LogP contribution in [-0.4, -0.2) is 22.7 Å². The van der Waals surface area contributed by atoms with Crippen molar-refractivity contribution in [3.8, 4) is 0 Å². The van der Waals surface area contributed by atoms with Gasteiger partial charge in [-0.25, -0.2) is 4.90 Å². The second-order valence-electron chi connectivity index (χ2n) is 6.00. The molecular formula is C17H16N2O3. The molecule has 1 aromatic carbocycles. The van der Waals surface area contributed by atoms with Gasteiger partial charge in [-0.3, -0.25) is 9.59 Å². The fourth-order valence-corrected chi connectivity index (χ4v) is 3.66. The molecule has 0 atom stereocenters. The quantitative estimate of drug-likeness (QED) is 0.492. The lowest BCUT2D eigenvalue weighted by Crippen LogP contribution is -2.31. The van der Waals surface area contributed by atoms with Crippen molar-refractivity contribution in [3.63, 3.8) is 0 Å². The van der Waals surface area contributed by atoms with E-state index in [1.165, 1.54) is 4.90 Å². The molecule has 4 rings (SSSR count). The third-order valence-electron chi connectivity index (χ3n) is 4.80. The molecule has 1 N–H and O–H groups in total. The smallest absolute Gasteiger partial charge is 0.261 e. The van der Waals surface area contributed by atoms with Crippen molar-refractivity contribution >= 4 is 23.2 Å². The number of hydrogen-bond acceptors (Lipinski definition) is 4. The minimum absolute atomic E-state index is 0.180. The van der Waals surface area contributed by atoms with Crippen molar-refractivity contribution in [2.24, 2.45) is 5.16 Å². The van der Waals surface area contributed by atoms with Gasteiger partial charge in [-0.15, -0.1) is 0 Å². The summed E-state index contributed by atoms with van der Waals surface area (Å²) in [6.45, 7) is 0. The van der Waals surface area contributed by atoms with Gasteiger partial charge >= 0.3 is 0 Å². The average Bonchev–Trinajstić information content (AvgIpc) is 3.07. The second kappa shape index (κ2) is 4.80. The number of amides is 2. The van der Waals surface area contributed by atoms with Crippen LogP contribution in [0.4, 0.5) is 5.69 Å². The summed E-state index contributed by atoms with van der Waals surface area (Å²) in [6, 6.07) is 5.53. The molecule has 0 unspecified atom stereocenters. The molecule has 1 aromatic rings. The Balaban J connectivity index is 1.75. The van der Waals surface area contributed by atoms with Gasteiger partial charge in [0.05, 0.1) is 11.4 Å². The fraction of sp³-hybridized carbons (Fsp3) is 0.353. The van der Waals surface area contributed by atoms with Crippen molar-refractivity contribution in [1.82, 2.24) is 0 Å². The van der Waals surface area contributed by atoms with Crippen LogP contribution in [0.5, 0.6) is 0 Å². The normalized spacial score (nSPS) is 22.5. The van der Waals surface area contributed by atoms with E-state index in [9.17, 15) is 9.59 Å². The van der Waals surface area contributed by atoms with Crippen LogP contribution in [0.15, 0.2) is 34.5 Å². The van der Waals surface area contributed by atoms with Gasteiger partial charge in [0.2, 0.25) is 0 Å². The van der Waals surface area contributed by atoms with Crippen LogP contribution in [0.2, 0.25) is 0 Å². The fourth-order valence-electron chi connectivity index (χ4n) is 3.66. The number of imide groups is 1. The molecule has 1 aliphatic heterocycles. The zero-order valence-corrected chi connectivity index (χ0v) is 12.1. The summed E-state index contributed by atoms with van der Waals surface area (Å²) in [4.78, 5) is 26.4. The predicted molar refractivity (Wildman–Crippen MR) is 81.1 cm³/mol. The lowest BCUT2D eigenvalue weighted by atomic mass is 9.93. The monoisotopic (exact) mass is 296 g/mol. The number of nitrogens with zero attached hydrogens (tertiary/aromatic N) is 2. The van der Waals surface area contributed by atoms with Gasteiger partial charge in [0, 0.05) is 16.7 Å². The van der Waals surface area contributed by atoms with Crippen LogP contribution < -0.4 is 4.90 Å². The van der Waals surface area contributed by atoms with Gasteiger partial charge in [-0.1, -0.05) is 11.2 Å². The molecule has 1 heterocycles. The summed E-state index contributed by atoms with van der Waals surface area (Å²) in [5, 5.41) is 12.4. The maximum Gasteiger partial charge on any atom is 0.261 e. The van der Waals surface area contributed by atoms with Gasteiger partial charge < -0.3 is 5.21 Å². The molecule has 112 valence electrons. The number of anilines is 1. The Bertz CT molecular complexity index is 733. The maximum atomic E-state index is 12.6. The van der Waals surface area contributed by atoms with Crippen LogP contribution in [0.1, 0.15) is 43.2 Å². The molecule has 0 fully saturated rings. The molecule has 0 saturated carbocycles. The van der Waals surface area contributed by atoms with Gasteiger partial charge in [0.25, 0.3) is 11.8 Å². The first-order chi connectivity index (χ1) is 10.7. The van der Waals surface area contributed by atoms with Crippen molar-refractivity contribution in [1.29, 1.82) is 0 Å². The standard InChI is InChI=1S/C17H16N2O3/c20-16-12-3-1-2-4-13(12)17(21)19(16)11-7-5-10-6-8-15(18-22)14(10)9-11/h5,7,9,22H,1-4,6,8H2.